The number of hydrazine groups is 1. The number of hydrogen-bond donors (Lipinski definition) is 2. The number of hydrogen-bond acceptors (Lipinski definition) is 4. The molecule has 1 heterocycles. The quantitative estimate of drug-likeness (QED) is 0.581. The first kappa shape index (κ1) is 11.0. The molecule has 0 aromatic heterocycles. The molecule has 0 saturated carbocycles. The summed E-state index contributed by atoms with van der Waals surface area (Å²) in [5.74, 6) is 6.74. The van der Waals surface area contributed by atoms with Gasteiger partial charge in [-0.05, 0) is 18.9 Å². The molecule has 1 aromatic carbocycles. The molecule has 1 atom stereocenters. The molecule has 1 aliphatic rings. The second-order valence-corrected chi connectivity index (χ2v) is 4.14. The molecular weight excluding hydrogens is 200 g/mol. The van der Waals surface area contributed by atoms with Crippen LogP contribution in [0.5, 0.6) is 0 Å². The van der Waals surface area contributed by atoms with Crippen LogP contribution in [0.15, 0.2) is 35.3 Å². The van der Waals surface area contributed by atoms with Crippen LogP contribution in [0.3, 0.4) is 0 Å². The summed E-state index contributed by atoms with van der Waals surface area (Å²) in [5, 5.41) is 4.93. The number of benzene rings is 1. The van der Waals surface area contributed by atoms with Gasteiger partial charge < -0.3 is 5.32 Å². The fourth-order valence-corrected chi connectivity index (χ4v) is 1.71. The van der Waals surface area contributed by atoms with E-state index in [9.17, 15) is 0 Å². The molecule has 16 heavy (non-hydrogen) atoms. The molecule has 1 aliphatic heterocycles. The lowest BCUT2D eigenvalue weighted by atomic mass is 10.1. The van der Waals surface area contributed by atoms with E-state index in [2.05, 4.69) is 29.4 Å². The van der Waals surface area contributed by atoms with Crippen molar-refractivity contribution in [2.45, 2.75) is 19.4 Å². The Morgan fingerprint density at radius 2 is 2.19 bits per heavy atom. The van der Waals surface area contributed by atoms with E-state index in [0.717, 1.165) is 25.5 Å². The first-order valence-electron chi connectivity index (χ1n) is 5.63. The topological polar surface area (TPSA) is 53.6 Å². The molecule has 86 valence electrons. The average molecular weight is 218 g/mol. The molecule has 0 bridgehead atoms. The summed E-state index contributed by atoms with van der Waals surface area (Å²) in [6.07, 6.45) is 0.937. The summed E-state index contributed by atoms with van der Waals surface area (Å²) >= 11 is 0. The fraction of sp³-hybridized carbons (Fsp3) is 0.417. The second-order valence-electron chi connectivity index (χ2n) is 4.14. The number of guanidine groups is 1. The van der Waals surface area contributed by atoms with Gasteiger partial charge in [0, 0.05) is 12.6 Å². The van der Waals surface area contributed by atoms with Crippen LogP contribution in [-0.4, -0.2) is 30.1 Å². The highest BCUT2D eigenvalue weighted by molar-refractivity contribution is 5.81. The Balaban J connectivity index is 1.82. The molecule has 0 spiro atoms. The van der Waals surface area contributed by atoms with Crippen LogP contribution in [0.25, 0.3) is 0 Å². The number of nitrogens with two attached hydrogens (primary N) is 1. The van der Waals surface area contributed by atoms with Crippen molar-refractivity contribution in [2.75, 3.05) is 13.1 Å². The molecular formula is C12H18N4. The third-order valence-electron chi connectivity index (χ3n) is 2.65. The Kier molecular flexibility index (Phi) is 3.41. The third kappa shape index (κ3) is 2.73. The van der Waals surface area contributed by atoms with E-state index < -0.39 is 0 Å². The third-order valence-corrected chi connectivity index (χ3v) is 2.65. The van der Waals surface area contributed by atoms with E-state index in [-0.39, 0.29) is 0 Å². The highest BCUT2D eigenvalue weighted by Crippen LogP contribution is 2.02. The molecule has 1 aromatic rings. The number of nitrogens with one attached hydrogen (secondary N) is 1. The maximum Gasteiger partial charge on any atom is 0.208 e. The van der Waals surface area contributed by atoms with E-state index in [0.29, 0.717) is 6.04 Å². The van der Waals surface area contributed by atoms with Crippen LogP contribution >= 0.6 is 0 Å². The van der Waals surface area contributed by atoms with Gasteiger partial charge in [0.2, 0.25) is 5.96 Å². The van der Waals surface area contributed by atoms with Gasteiger partial charge >= 0.3 is 0 Å². The Hall–Kier alpha value is -1.55. The molecule has 0 aliphatic carbocycles. The summed E-state index contributed by atoms with van der Waals surface area (Å²) in [5.41, 5.74) is 1.30. The summed E-state index contributed by atoms with van der Waals surface area (Å²) in [6, 6.07) is 10.7. The van der Waals surface area contributed by atoms with Gasteiger partial charge in [-0.2, -0.15) is 0 Å². The van der Waals surface area contributed by atoms with E-state index in [4.69, 9.17) is 5.84 Å². The maximum atomic E-state index is 5.93. The van der Waals surface area contributed by atoms with Crippen molar-refractivity contribution in [3.63, 3.8) is 0 Å². The summed E-state index contributed by atoms with van der Waals surface area (Å²) < 4.78 is 0. The Morgan fingerprint density at radius 1 is 1.44 bits per heavy atom. The zero-order chi connectivity index (χ0) is 11.4. The molecule has 0 fully saturated rings. The van der Waals surface area contributed by atoms with Crippen LogP contribution in [0.2, 0.25) is 0 Å². The summed E-state index contributed by atoms with van der Waals surface area (Å²) in [7, 11) is 0. The standard InChI is InChI=1S/C12H18N4/c1-10-9-14-12(15-10)16(13)8-7-11-5-3-2-4-6-11/h2-6,10H,7-9,13H2,1H3,(H,14,15)/t10-/m1/s1. The van der Waals surface area contributed by atoms with E-state index in [1.807, 2.05) is 18.2 Å². The Labute approximate surface area is 96.1 Å². The molecule has 3 N–H and O–H groups in total. The van der Waals surface area contributed by atoms with Gasteiger partial charge in [-0.15, -0.1) is 0 Å². The van der Waals surface area contributed by atoms with Gasteiger partial charge in [0.1, 0.15) is 0 Å². The molecule has 4 heteroatoms. The van der Waals surface area contributed by atoms with Gasteiger partial charge in [0.05, 0.1) is 6.54 Å². The minimum atomic E-state index is 0.401. The minimum absolute atomic E-state index is 0.401. The van der Waals surface area contributed by atoms with E-state index in [1.165, 1.54) is 5.56 Å². The van der Waals surface area contributed by atoms with Gasteiger partial charge in [-0.1, -0.05) is 30.3 Å². The van der Waals surface area contributed by atoms with Crippen LogP contribution in [0.1, 0.15) is 12.5 Å². The number of rotatable bonds is 3. The summed E-state index contributed by atoms with van der Waals surface area (Å²) in [6.45, 7) is 3.69. The van der Waals surface area contributed by atoms with Crippen molar-refractivity contribution in [3.8, 4) is 0 Å². The average Bonchev–Trinajstić information content (AvgIpc) is 2.74. The predicted octanol–water partition coefficient (Wildman–Crippen LogP) is 0.752. The van der Waals surface area contributed by atoms with Crippen LogP contribution in [-0.2, 0) is 6.42 Å². The van der Waals surface area contributed by atoms with Crippen molar-refractivity contribution in [1.82, 2.24) is 10.3 Å². The van der Waals surface area contributed by atoms with E-state index in [1.54, 1.807) is 5.01 Å². The van der Waals surface area contributed by atoms with Crippen LogP contribution in [0, 0.1) is 0 Å². The zero-order valence-electron chi connectivity index (χ0n) is 9.56. The first-order chi connectivity index (χ1) is 7.75. The van der Waals surface area contributed by atoms with Crippen molar-refractivity contribution in [3.05, 3.63) is 35.9 Å². The van der Waals surface area contributed by atoms with Crippen molar-refractivity contribution >= 4 is 5.96 Å². The smallest absolute Gasteiger partial charge is 0.208 e. The lowest BCUT2D eigenvalue weighted by Crippen LogP contribution is -2.46. The molecule has 0 saturated heterocycles. The molecule has 4 nitrogen and oxygen atoms in total. The second kappa shape index (κ2) is 4.99. The molecule has 2 rings (SSSR count). The minimum Gasteiger partial charge on any atom is -0.351 e. The predicted molar refractivity (Wildman–Crippen MR) is 65.9 cm³/mol. The largest absolute Gasteiger partial charge is 0.351 e. The van der Waals surface area contributed by atoms with E-state index >= 15 is 0 Å². The molecule has 0 amide bonds. The lowest BCUT2D eigenvalue weighted by Gasteiger charge is -2.19. The van der Waals surface area contributed by atoms with Crippen molar-refractivity contribution in [2.24, 2.45) is 10.8 Å². The first-order valence-corrected chi connectivity index (χ1v) is 5.63. The monoisotopic (exact) mass is 218 g/mol. The molecule has 0 radical (unpaired) electrons. The van der Waals surface area contributed by atoms with Crippen LogP contribution in [0.4, 0.5) is 0 Å². The molecule has 0 unspecified atom stereocenters. The number of nitrogens with zero attached hydrogens (tertiary/aromatic N) is 2. The van der Waals surface area contributed by atoms with Gasteiger partial charge in [-0.3, -0.25) is 5.01 Å². The number of aliphatic imine (C=N–C) groups is 1. The van der Waals surface area contributed by atoms with Crippen LogP contribution < -0.4 is 11.2 Å². The zero-order valence-corrected chi connectivity index (χ0v) is 9.56. The Bertz CT molecular complexity index is 361. The van der Waals surface area contributed by atoms with Crippen molar-refractivity contribution in [1.29, 1.82) is 0 Å². The highest BCUT2D eigenvalue weighted by atomic mass is 15.5. The summed E-state index contributed by atoms with van der Waals surface area (Å²) in [4.78, 5) is 4.34. The fourth-order valence-electron chi connectivity index (χ4n) is 1.71. The van der Waals surface area contributed by atoms with Crippen molar-refractivity contribution < 1.29 is 0 Å². The van der Waals surface area contributed by atoms with Gasteiger partial charge in [0.25, 0.3) is 0 Å². The maximum absolute atomic E-state index is 5.93. The Morgan fingerprint density at radius 3 is 2.81 bits per heavy atom. The van der Waals surface area contributed by atoms with Gasteiger partial charge in [-0.25, -0.2) is 10.8 Å². The highest BCUT2D eigenvalue weighted by Gasteiger charge is 2.16. The lowest BCUT2D eigenvalue weighted by molar-refractivity contribution is 0.429. The normalized spacial score (nSPS) is 19.1. The van der Waals surface area contributed by atoms with Gasteiger partial charge in [0.15, 0.2) is 0 Å². The SMILES string of the molecule is C[C@@H]1CN=C(N(N)CCc2ccccc2)N1.